The van der Waals surface area contributed by atoms with Crippen LogP contribution in [0.25, 0.3) is 28.0 Å². The Labute approximate surface area is 175 Å². The highest BCUT2D eigenvalue weighted by molar-refractivity contribution is 5.95. The molecule has 0 unspecified atom stereocenters. The van der Waals surface area contributed by atoms with Crippen molar-refractivity contribution in [1.29, 1.82) is 0 Å². The van der Waals surface area contributed by atoms with Gasteiger partial charge in [-0.15, -0.1) is 0 Å². The number of pyridine rings is 1. The topological polar surface area (TPSA) is 67.1 Å². The number of aromatic nitrogens is 2. The normalized spacial score (nSPS) is 10.9. The van der Waals surface area contributed by atoms with Crippen LogP contribution in [0.3, 0.4) is 0 Å². The molecule has 6 heteroatoms. The van der Waals surface area contributed by atoms with E-state index < -0.39 is 0 Å². The average Bonchev–Trinajstić information content (AvgIpc) is 3.21. The summed E-state index contributed by atoms with van der Waals surface area (Å²) in [6.07, 6.45) is 3.83. The van der Waals surface area contributed by atoms with E-state index in [0.717, 1.165) is 33.8 Å². The number of amides is 1. The van der Waals surface area contributed by atoms with E-state index in [1.54, 1.807) is 19.0 Å². The van der Waals surface area contributed by atoms with Gasteiger partial charge < -0.3 is 14.7 Å². The molecule has 0 bridgehead atoms. The number of imidazole rings is 1. The molecule has 0 saturated carbocycles. The van der Waals surface area contributed by atoms with E-state index in [1.807, 2.05) is 77.5 Å². The molecule has 0 spiro atoms. The maximum Gasteiger partial charge on any atom is 0.253 e. The zero-order valence-corrected chi connectivity index (χ0v) is 16.9. The van der Waals surface area contributed by atoms with Gasteiger partial charge in [0.15, 0.2) is 0 Å². The quantitative estimate of drug-likeness (QED) is 0.534. The molecule has 1 N–H and O–H groups in total. The van der Waals surface area contributed by atoms with Crippen molar-refractivity contribution in [2.75, 3.05) is 27.3 Å². The summed E-state index contributed by atoms with van der Waals surface area (Å²) >= 11 is 0. The van der Waals surface area contributed by atoms with Gasteiger partial charge in [-0.05, 0) is 59.7 Å². The fourth-order valence-electron chi connectivity index (χ4n) is 3.35. The minimum absolute atomic E-state index is 0.0104. The summed E-state index contributed by atoms with van der Waals surface area (Å²) in [5.74, 6) is 0.698. The summed E-state index contributed by atoms with van der Waals surface area (Å²) in [4.78, 5) is 18.4. The molecule has 1 amide bonds. The van der Waals surface area contributed by atoms with Crippen LogP contribution in [0, 0.1) is 0 Å². The van der Waals surface area contributed by atoms with Gasteiger partial charge in [-0.3, -0.25) is 9.20 Å². The molecule has 4 aromatic rings. The molecule has 0 saturated heterocycles. The lowest BCUT2D eigenvalue weighted by Crippen LogP contribution is -2.21. The molecule has 30 heavy (non-hydrogen) atoms. The highest BCUT2D eigenvalue weighted by atomic mass is 16.5. The number of aliphatic hydroxyl groups is 1. The summed E-state index contributed by atoms with van der Waals surface area (Å²) in [6.45, 7) is 0.267. The number of nitrogens with zero attached hydrogens (tertiary/aromatic N) is 3. The van der Waals surface area contributed by atoms with Crippen molar-refractivity contribution >= 4 is 11.6 Å². The lowest BCUT2D eigenvalue weighted by Gasteiger charge is -2.11. The Balaban J connectivity index is 1.64. The highest BCUT2D eigenvalue weighted by Gasteiger charge is 2.11. The lowest BCUT2D eigenvalue weighted by atomic mass is 10.0. The van der Waals surface area contributed by atoms with Crippen LogP contribution in [0.15, 0.2) is 73.1 Å². The van der Waals surface area contributed by atoms with Crippen molar-refractivity contribution < 1.29 is 14.6 Å². The van der Waals surface area contributed by atoms with Crippen molar-refractivity contribution in [3.63, 3.8) is 0 Å². The van der Waals surface area contributed by atoms with Crippen LogP contribution in [0.2, 0.25) is 0 Å². The van der Waals surface area contributed by atoms with Crippen molar-refractivity contribution in [2.45, 2.75) is 0 Å². The minimum atomic E-state index is -0.0209. The van der Waals surface area contributed by atoms with E-state index in [1.165, 1.54) is 0 Å². The first-order chi connectivity index (χ1) is 14.6. The second kappa shape index (κ2) is 8.39. The van der Waals surface area contributed by atoms with E-state index in [4.69, 9.17) is 9.84 Å². The standard InChI is InChI=1S/C24H23N3O3/c1-26(2)24(29)20-5-3-4-18(14-20)19-10-11-27-22(16-25-23(27)15-19)17-6-8-21(9-7-17)30-13-12-28/h3-11,14-16,28H,12-13H2,1-2H3. The van der Waals surface area contributed by atoms with E-state index in [0.29, 0.717) is 5.56 Å². The zero-order chi connectivity index (χ0) is 21.1. The fourth-order valence-corrected chi connectivity index (χ4v) is 3.35. The van der Waals surface area contributed by atoms with Gasteiger partial charge in [-0.2, -0.15) is 0 Å². The van der Waals surface area contributed by atoms with Gasteiger partial charge in [0.05, 0.1) is 18.5 Å². The Morgan fingerprint density at radius 1 is 1.03 bits per heavy atom. The van der Waals surface area contributed by atoms with Crippen LogP contribution < -0.4 is 4.74 Å². The molecule has 0 aliphatic rings. The predicted octanol–water partition coefficient (Wildman–Crippen LogP) is 3.74. The van der Waals surface area contributed by atoms with Crippen molar-refractivity contribution in [3.8, 4) is 28.1 Å². The first-order valence-electron chi connectivity index (χ1n) is 9.70. The minimum Gasteiger partial charge on any atom is -0.491 e. The molecule has 4 rings (SSSR count). The Morgan fingerprint density at radius 3 is 2.53 bits per heavy atom. The number of benzene rings is 2. The second-order valence-electron chi connectivity index (χ2n) is 7.16. The first-order valence-corrected chi connectivity index (χ1v) is 9.70. The van der Waals surface area contributed by atoms with Gasteiger partial charge in [0, 0.05) is 31.4 Å². The molecule has 0 fully saturated rings. The Bertz CT molecular complexity index is 1180. The molecule has 0 aliphatic heterocycles. The van der Waals surface area contributed by atoms with E-state index in [2.05, 4.69) is 4.98 Å². The van der Waals surface area contributed by atoms with Crippen LogP contribution in [0.4, 0.5) is 0 Å². The highest BCUT2D eigenvalue weighted by Crippen LogP contribution is 2.27. The van der Waals surface area contributed by atoms with Crippen molar-refractivity contribution in [3.05, 3.63) is 78.6 Å². The molecule has 0 aliphatic carbocycles. The maximum absolute atomic E-state index is 12.3. The van der Waals surface area contributed by atoms with Crippen molar-refractivity contribution in [2.24, 2.45) is 0 Å². The molecule has 0 atom stereocenters. The monoisotopic (exact) mass is 401 g/mol. The fraction of sp³-hybridized carbons (Fsp3) is 0.167. The van der Waals surface area contributed by atoms with Crippen LogP contribution in [-0.4, -0.2) is 52.6 Å². The van der Waals surface area contributed by atoms with Gasteiger partial charge in [-0.1, -0.05) is 12.1 Å². The first kappa shape index (κ1) is 19.7. The summed E-state index contributed by atoms with van der Waals surface area (Å²) < 4.78 is 7.45. The summed E-state index contributed by atoms with van der Waals surface area (Å²) in [7, 11) is 3.50. The van der Waals surface area contributed by atoms with Gasteiger partial charge in [0.1, 0.15) is 18.0 Å². The van der Waals surface area contributed by atoms with Crippen LogP contribution >= 0.6 is 0 Å². The van der Waals surface area contributed by atoms with Gasteiger partial charge in [0.25, 0.3) is 5.91 Å². The Morgan fingerprint density at radius 2 is 1.80 bits per heavy atom. The number of aliphatic hydroxyl groups excluding tert-OH is 1. The summed E-state index contributed by atoms with van der Waals surface area (Å²) in [5, 5.41) is 8.87. The summed E-state index contributed by atoms with van der Waals surface area (Å²) in [5.41, 5.74) is 5.45. The Hall–Kier alpha value is -3.64. The van der Waals surface area contributed by atoms with Crippen LogP contribution in [-0.2, 0) is 0 Å². The maximum atomic E-state index is 12.3. The van der Waals surface area contributed by atoms with Gasteiger partial charge in [0.2, 0.25) is 0 Å². The van der Waals surface area contributed by atoms with E-state index in [-0.39, 0.29) is 19.1 Å². The molecule has 6 nitrogen and oxygen atoms in total. The van der Waals surface area contributed by atoms with Crippen LogP contribution in [0.5, 0.6) is 5.75 Å². The smallest absolute Gasteiger partial charge is 0.253 e. The van der Waals surface area contributed by atoms with Crippen molar-refractivity contribution in [1.82, 2.24) is 14.3 Å². The van der Waals surface area contributed by atoms with E-state index >= 15 is 0 Å². The SMILES string of the molecule is CN(C)C(=O)c1cccc(-c2ccn3c(-c4ccc(OCCO)cc4)cnc3c2)c1. The van der Waals surface area contributed by atoms with Gasteiger partial charge in [-0.25, -0.2) is 4.98 Å². The molecule has 2 heterocycles. The number of carbonyl (C=O) groups excluding carboxylic acids is 1. The zero-order valence-electron chi connectivity index (χ0n) is 16.9. The number of ether oxygens (including phenoxy) is 1. The third-order valence-corrected chi connectivity index (χ3v) is 4.87. The number of fused-ring (bicyclic) bond motifs is 1. The van der Waals surface area contributed by atoms with Gasteiger partial charge >= 0.3 is 0 Å². The third kappa shape index (κ3) is 3.90. The number of carbonyl (C=O) groups is 1. The molecular formula is C24H23N3O3. The Kier molecular flexibility index (Phi) is 5.50. The molecular weight excluding hydrogens is 378 g/mol. The van der Waals surface area contributed by atoms with E-state index in [9.17, 15) is 4.79 Å². The number of hydrogen-bond donors (Lipinski definition) is 1. The number of hydrogen-bond acceptors (Lipinski definition) is 4. The van der Waals surface area contributed by atoms with Crippen LogP contribution in [0.1, 0.15) is 10.4 Å². The molecule has 152 valence electrons. The average molecular weight is 401 g/mol. The molecule has 0 radical (unpaired) electrons. The number of rotatable bonds is 6. The second-order valence-corrected chi connectivity index (χ2v) is 7.16. The lowest BCUT2D eigenvalue weighted by molar-refractivity contribution is 0.0827. The third-order valence-electron chi connectivity index (χ3n) is 4.87. The molecule has 2 aromatic heterocycles. The largest absolute Gasteiger partial charge is 0.491 e. The molecule has 2 aromatic carbocycles. The predicted molar refractivity (Wildman–Crippen MR) is 117 cm³/mol. The summed E-state index contributed by atoms with van der Waals surface area (Å²) in [6, 6.07) is 19.4.